The minimum Gasteiger partial charge on any atom is -0.463 e. The molecule has 39 heavy (non-hydrogen) atoms. The lowest BCUT2D eigenvalue weighted by molar-refractivity contribution is -0.190. The van der Waals surface area contributed by atoms with Crippen molar-refractivity contribution >= 4 is 22.8 Å². The number of fused-ring (bicyclic) bond motifs is 1. The summed E-state index contributed by atoms with van der Waals surface area (Å²) in [6, 6.07) is 8.58. The number of piperidine rings is 1. The lowest BCUT2D eigenvalue weighted by atomic mass is 10.0. The second-order valence-electron chi connectivity index (χ2n) is 8.45. The Hall–Kier alpha value is -4.69. The van der Waals surface area contributed by atoms with E-state index in [4.69, 9.17) is 4.74 Å². The topological polar surface area (TPSA) is 112 Å². The van der Waals surface area contributed by atoms with Gasteiger partial charge in [-0.05, 0) is 18.2 Å². The van der Waals surface area contributed by atoms with Crippen LogP contribution in [0, 0.1) is 0 Å². The van der Waals surface area contributed by atoms with E-state index in [0.717, 1.165) is 11.0 Å². The molecule has 1 aromatic carbocycles. The molecule has 0 saturated carbocycles. The molecule has 4 heterocycles. The highest BCUT2D eigenvalue weighted by Gasteiger charge is 2.48. The van der Waals surface area contributed by atoms with Crippen LogP contribution in [0.4, 0.5) is 22.0 Å². The first-order chi connectivity index (χ1) is 18.5. The van der Waals surface area contributed by atoms with Gasteiger partial charge < -0.3 is 14.4 Å². The molecule has 3 aromatic heterocycles. The predicted molar refractivity (Wildman–Crippen MR) is 122 cm³/mol. The molecule has 0 N–H and O–H groups in total. The molecule has 1 unspecified atom stereocenters. The average molecular weight is 548 g/mol. The first-order valence-corrected chi connectivity index (χ1v) is 11.4. The highest BCUT2D eigenvalue weighted by molar-refractivity contribution is 5.97. The predicted octanol–water partition coefficient (Wildman–Crippen LogP) is 3.61. The zero-order valence-electron chi connectivity index (χ0n) is 19.7. The summed E-state index contributed by atoms with van der Waals surface area (Å²) >= 11 is 0. The number of esters is 1. The Balaban J connectivity index is 1.45. The van der Waals surface area contributed by atoms with Crippen molar-refractivity contribution in [2.45, 2.75) is 24.6 Å². The Morgan fingerprint density at radius 1 is 1.05 bits per heavy atom. The van der Waals surface area contributed by atoms with E-state index in [9.17, 15) is 31.5 Å². The number of carbonyl (C=O) groups excluding carboxylic acids is 2. The average Bonchev–Trinajstić information content (AvgIpc) is 3.44. The largest absolute Gasteiger partial charge is 0.491 e. The summed E-state index contributed by atoms with van der Waals surface area (Å²) < 4.78 is 78.4. The fourth-order valence-corrected chi connectivity index (χ4v) is 3.94. The molecule has 1 aliphatic heterocycles. The van der Waals surface area contributed by atoms with Crippen LogP contribution in [0.3, 0.4) is 0 Å². The normalized spacial score (nSPS) is 17.2. The highest BCUT2D eigenvalue weighted by atomic mass is 19.4. The molecule has 0 spiro atoms. The van der Waals surface area contributed by atoms with Crippen molar-refractivity contribution < 1.29 is 41.0 Å². The van der Waals surface area contributed by atoms with Gasteiger partial charge in [0, 0.05) is 30.7 Å². The van der Waals surface area contributed by atoms with Gasteiger partial charge in [-0.1, -0.05) is 18.2 Å². The number of hydrogen-bond acceptors (Lipinski definition) is 8. The molecule has 15 heteroatoms. The highest BCUT2D eigenvalue weighted by Crippen LogP contribution is 2.37. The van der Waals surface area contributed by atoms with Gasteiger partial charge in [0.05, 0.1) is 30.0 Å². The lowest BCUT2D eigenvalue weighted by Gasteiger charge is -2.38. The summed E-state index contributed by atoms with van der Waals surface area (Å²) in [6.07, 6.45) is -2.78. The number of alkyl halides is 5. The van der Waals surface area contributed by atoms with Crippen LogP contribution in [0.25, 0.3) is 16.6 Å². The number of hydrogen-bond donors (Lipinski definition) is 0. The van der Waals surface area contributed by atoms with Crippen LogP contribution in [-0.2, 0) is 4.79 Å². The van der Waals surface area contributed by atoms with E-state index in [1.54, 1.807) is 12.1 Å². The second-order valence-corrected chi connectivity index (χ2v) is 8.45. The van der Waals surface area contributed by atoms with Gasteiger partial charge in [0.2, 0.25) is 0 Å². The van der Waals surface area contributed by atoms with E-state index in [1.165, 1.54) is 47.8 Å². The molecule has 1 atom stereocenters. The van der Waals surface area contributed by atoms with Crippen molar-refractivity contribution in [3.05, 3.63) is 66.7 Å². The monoisotopic (exact) mass is 548 g/mol. The molecule has 1 aliphatic rings. The maximum Gasteiger partial charge on any atom is 0.491 e. The van der Waals surface area contributed by atoms with Gasteiger partial charge >= 0.3 is 12.1 Å². The van der Waals surface area contributed by atoms with E-state index in [2.05, 4.69) is 24.9 Å². The number of aromatic nitrogens is 5. The number of carbonyl (C=O) groups is 2. The number of halogens is 5. The number of nitrogens with zero attached hydrogens (tertiary/aromatic N) is 6. The van der Waals surface area contributed by atoms with Crippen LogP contribution in [0.1, 0.15) is 16.8 Å². The number of rotatable bonds is 5. The van der Waals surface area contributed by atoms with Crippen LogP contribution >= 0.6 is 0 Å². The molecule has 1 fully saturated rings. The van der Waals surface area contributed by atoms with Crippen LogP contribution in [0.2, 0.25) is 0 Å². The maximum absolute atomic E-state index is 15.0. The second kappa shape index (κ2) is 9.89. The molecule has 0 aliphatic carbocycles. The molecule has 4 aromatic rings. The number of pyridine rings is 2. The number of likely N-dealkylation sites (tertiary alicyclic amines) is 1. The third-order valence-electron chi connectivity index (χ3n) is 5.87. The molecule has 0 radical (unpaired) electrons. The molecule has 1 saturated heterocycles. The van der Waals surface area contributed by atoms with Crippen LogP contribution in [0.5, 0.6) is 11.6 Å². The summed E-state index contributed by atoms with van der Waals surface area (Å²) in [5.41, 5.74) is 0.478. The molecule has 5 rings (SSSR count). The zero-order chi connectivity index (χ0) is 27.8. The van der Waals surface area contributed by atoms with Crippen molar-refractivity contribution in [1.82, 2.24) is 29.9 Å². The fraction of sp³-hybridized carbons (Fsp3) is 0.250. The Morgan fingerprint density at radius 2 is 1.79 bits per heavy atom. The third-order valence-corrected chi connectivity index (χ3v) is 5.87. The molecule has 202 valence electrons. The van der Waals surface area contributed by atoms with Crippen molar-refractivity contribution in [3.8, 4) is 17.3 Å². The van der Waals surface area contributed by atoms with Gasteiger partial charge in [-0.25, -0.2) is 18.6 Å². The summed E-state index contributed by atoms with van der Waals surface area (Å²) in [7, 11) is 0. The van der Waals surface area contributed by atoms with Gasteiger partial charge in [0.25, 0.3) is 17.7 Å². The van der Waals surface area contributed by atoms with E-state index in [1.807, 2.05) is 0 Å². The quantitative estimate of drug-likeness (QED) is 0.275. The molecular formula is C24H17F5N6O4. The number of amides is 1. The van der Waals surface area contributed by atoms with Gasteiger partial charge in [-0.15, -0.1) is 0 Å². The van der Waals surface area contributed by atoms with E-state index >= 15 is 0 Å². The van der Waals surface area contributed by atoms with E-state index in [-0.39, 0.29) is 28.7 Å². The van der Waals surface area contributed by atoms with Crippen molar-refractivity contribution in [2.24, 2.45) is 0 Å². The Kier molecular flexibility index (Phi) is 6.57. The van der Waals surface area contributed by atoms with Crippen molar-refractivity contribution in [3.63, 3.8) is 0 Å². The van der Waals surface area contributed by atoms with Crippen LogP contribution in [-0.4, -0.2) is 73.0 Å². The first kappa shape index (κ1) is 25.9. The minimum atomic E-state index is -5.36. The third kappa shape index (κ3) is 5.32. The fourth-order valence-electron chi connectivity index (χ4n) is 3.94. The summed E-state index contributed by atoms with van der Waals surface area (Å²) in [5, 5.41) is 8.23. The smallest absolute Gasteiger partial charge is 0.463 e. The minimum absolute atomic E-state index is 0.0290. The zero-order valence-corrected chi connectivity index (χ0v) is 19.7. The summed E-state index contributed by atoms with van der Waals surface area (Å²) in [5.74, 6) is -8.30. The van der Waals surface area contributed by atoms with Gasteiger partial charge in [0.15, 0.2) is 11.9 Å². The molecule has 0 bridgehead atoms. The van der Waals surface area contributed by atoms with Crippen molar-refractivity contribution in [2.75, 3.05) is 13.1 Å². The van der Waals surface area contributed by atoms with Gasteiger partial charge in [-0.2, -0.15) is 28.2 Å². The first-order valence-electron chi connectivity index (χ1n) is 11.4. The standard InChI is InChI=1S/C24H17F5N6O4/c25-23(26)6-10-34(21(36)15-12-30-7-5-17(15)35-31-8-9-32-35)13-19(23)39-20-18(38-22(37)24(27,28)29)11-14-3-1-2-4-16(14)33-20/h1-5,7-9,11-12,19H,6,10,13H2. The van der Waals surface area contributed by atoms with Gasteiger partial charge in [0.1, 0.15) is 5.69 Å². The number of benzene rings is 1. The van der Waals surface area contributed by atoms with Gasteiger partial charge in [-0.3, -0.25) is 9.78 Å². The summed E-state index contributed by atoms with van der Waals surface area (Å²) in [6.45, 7) is -1.01. The maximum atomic E-state index is 15.0. The molecule has 1 amide bonds. The number of ether oxygens (including phenoxy) is 2. The SMILES string of the molecule is O=C(c1cnccc1-n1nccn1)N1CCC(F)(F)C(Oc2nc3ccccc3cc2OC(=O)C(F)(F)F)C1. The number of para-hydroxylation sites is 1. The Morgan fingerprint density at radius 3 is 2.54 bits per heavy atom. The van der Waals surface area contributed by atoms with E-state index in [0.29, 0.717) is 0 Å². The van der Waals surface area contributed by atoms with E-state index < -0.39 is 54.7 Å². The van der Waals surface area contributed by atoms with Crippen LogP contribution in [0.15, 0.2) is 61.2 Å². The molecular weight excluding hydrogens is 531 g/mol. The Labute approximate surface area is 216 Å². The Bertz CT molecular complexity index is 1530. The molecule has 10 nitrogen and oxygen atoms in total. The lowest BCUT2D eigenvalue weighted by Crippen LogP contribution is -2.55. The summed E-state index contributed by atoms with van der Waals surface area (Å²) in [4.78, 5) is 35.0. The van der Waals surface area contributed by atoms with Crippen molar-refractivity contribution in [1.29, 1.82) is 0 Å². The van der Waals surface area contributed by atoms with Crippen LogP contribution < -0.4 is 9.47 Å².